The second-order valence-corrected chi connectivity index (χ2v) is 5.42. The van der Waals surface area contributed by atoms with E-state index in [4.69, 9.17) is 0 Å². The summed E-state index contributed by atoms with van der Waals surface area (Å²) in [6, 6.07) is 9.09. The molecule has 1 aromatic heterocycles. The Labute approximate surface area is 99.8 Å². The quantitative estimate of drug-likeness (QED) is 0.877. The van der Waals surface area contributed by atoms with Crippen molar-refractivity contribution in [3.05, 3.63) is 29.1 Å². The average Bonchev–Trinajstić information content (AvgIpc) is 3.08. The largest absolute Gasteiger partial charge is 0.316 e. The molecule has 1 aliphatic carbocycles. The number of likely N-dealkylation sites (N-methyl/N-ethyl adjacent to an activating group) is 1. The summed E-state index contributed by atoms with van der Waals surface area (Å²) >= 11 is 1.66. The van der Waals surface area contributed by atoms with Crippen LogP contribution in [0.15, 0.2) is 24.3 Å². The Morgan fingerprint density at radius 3 is 3.00 bits per heavy atom. The molecule has 1 N–H and O–H groups in total. The van der Waals surface area contributed by atoms with Crippen LogP contribution in [-0.4, -0.2) is 17.5 Å². The van der Waals surface area contributed by atoms with Crippen LogP contribution in [-0.2, 0) is 6.42 Å². The van der Waals surface area contributed by atoms with E-state index in [0.717, 1.165) is 17.9 Å². The molecule has 0 bridgehead atoms. The van der Waals surface area contributed by atoms with Crippen molar-refractivity contribution in [1.82, 2.24) is 9.69 Å². The van der Waals surface area contributed by atoms with Crippen molar-refractivity contribution in [2.45, 2.75) is 25.3 Å². The van der Waals surface area contributed by atoms with E-state index in [9.17, 15) is 0 Å². The summed E-state index contributed by atoms with van der Waals surface area (Å²) in [5.74, 6) is 0.894. The Hall–Kier alpha value is -0.930. The highest BCUT2D eigenvalue weighted by Gasteiger charge is 2.30. The molecule has 3 rings (SSSR count). The van der Waals surface area contributed by atoms with Crippen molar-refractivity contribution in [3.63, 3.8) is 0 Å². The molecule has 0 amide bonds. The molecule has 1 heterocycles. The second-order valence-electron chi connectivity index (χ2n) is 4.56. The maximum absolute atomic E-state index is 4.50. The Morgan fingerprint density at radius 1 is 1.44 bits per heavy atom. The lowest BCUT2D eigenvalue weighted by Crippen LogP contribution is -2.29. The lowest BCUT2D eigenvalue weighted by Gasteiger charge is -2.13. The van der Waals surface area contributed by atoms with Crippen molar-refractivity contribution in [2.75, 3.05) is 7.05 Å². The second kappa shape index (κ2) is 4.15. The summed E-state index contributed by atoms with van der Waals surface area (Å²) in [6.07, 6.45) is 3.91. The van der Waals surface area contributed by atoms with E-state index in [-0.39, 0.29) is 0 Å². The molecule has 84 valence electrons. The lowest BCUT2D eigenvalue weighted by atomic mass is 10.1. The van der Waals surface area contributed by atoms with Gasteiger partial charge in [-0.15, -0.1) is 0 Å². The van der Waals surface area contributed by atoms with E-state index >= 15 is 0 Å². The molecule has 16 heavy (non-hydrogen) atoms. The summed E-state index contributed by atoms with van der Waals surface area (Å²) < 4.78 is 4.50. The molecule has 1 saturated carbocycles. The first kappa shape index (κ1) is 10.2. The Balaban J connectivity index is 1.87. The van der Waals surface area contributed by atoms with E-state index in [1.807, 2.05) is 0 Å². The van der Waals surface area contributed by atoms with Gasteiger partial charge in [-0.3, -0.25) is 0 Å². The van der Waals surface area contributed by atoms with Crippen LogP contribution in [0.4, 0.5) is 0 Å². The number of hydrogen-bond donors (Lipinski definition) is 1. The van der Waals surface area contributed by atoms with Gasteiger partial charge in [0.05, 0.1) is 5.52 Å². The fourth-order valence-electron chi connectivity index (χ4n) is 2.29. The van der Waals surface area contributed by atoms with E-state index < -0.39 is 0 Å². The van der Waals surface area contributed by atoms with Crippen molar-refractivity contribution in [1.29, 1.82) is 0 Å². The van der Waals surface area contributed by atoms with Gasteiger partial charge >= 0.3 is 0 Å². The molecule has 0 radical (unpaired) electrons. The number of nitrogens with one attached hydrogen (secondary N) is 1. The summed E-state index contributed by atoms with van der Waals surface area (Å²) in [6.45, 7) is 0. The van der Waals surface area contributed by atoms with Crippen molar-refractivity contribution < 1.29 is 0 Å². The number of hydrogen-bond acceptors (Lipinski definition) is 3. The van der Waals surface area contributed by atoms with E-state index in [2.05, 4.69) is 41.0 Å². The Morgan fingerprint density at radius 2 is 2.25 bits per heavy atom. The van der Waals surface area contributed by atoms with Gasteiger partial charge in [-0.25, -0.2) is 0 Å². The maximum atomic E-state index is 4.50. The highest BCUT2D eigenvalue weighted by atomic mass is 32.1. The molecule has 2 nitrogen and oxygen atoms in total. The number of nitrogens with zero attached hydrogens (tertiary/aromatic N) is 1. The number of fused-ring (bicyclic) bond motifs is 1. The van der Waals surface area contributed by atoms with Crippen molar-refractivity contribution in [3.8, 4) is 0 Å². The first-order chi connectivity index (χ1) is 7.88. The van der Waals surface area contributed by atoms with Crippen molar-refractivity contribution >= 4 is 22.4 Å². The van der Waals surface area contributed by atoms with E-state index in [0.29, 0.717) is 6.04 Å². The third-order valence-electron chi connectivity index (χ3n) is 3.43. The normalized spacial score (nSPS) is 17.8. The molecule has 1 fully saturated rings. The zero-order valence-corrected chi connectivity index (χ0v) is 10.3. The van der Waals surface area contributed by atoms with Gasteiger partial charge in [-0.05, 0) is 49.8 Å². The molecule has 0 aliphatic heterocycles. The number of benzene rings is 1. The van der Waals surface area contributed by atoms with Crippen LogP contribution in [0.3, 0.4) is 0 Å². The molecule has 1 atom stereocenters. The maximum Gasteiger partial charge on any atom is 0.0843 e. The minimum absolute atomic E-state index is 0.642. The molecule has 1 aliphatic rings. The standard InChI is InChI=1S/C13H16N2S/c1-14-12(9-6-7-9)8-13-10-4-2-3-5-11(10)15-16-13/h2-5,9,12,14H,6-8H2,1H3. The highest BCUT2D eigenvalue weighted by molar-refractivity contribution is 7.07. The van der Waals surface area contributed by atoms with E-state index in [1.54, 1.807) is 11.5 Å². The monoisotopic (exact) mass is 232 g/mol. The summed E-state index contributed by atoms with van der Waals surface area (Å²) in [5.41, 5.74) is 1.15. The van der Waals surface area contributed by atoms with Gasteiger partial charge in [-0.1, -0.05) is 18.2 Å². The number of rotatable bonds is 4. The van der Waals surface area contributed by atoms with Crippen LogP contribution in [0.1, 0.15) is 17.7 Å². The SMILES string of the molecule is CNC(Cc1snc2ccccc12)C1CC1. The zero-order chi connectivity index (χ0) is 11.0. The minimum atomic E-state index is 0.642. The smallest absolute Gasteiger partial charge is 0.0843 e. The van der Waals surface area contributed by atoms with Crippen LogP contribution in [0, 0.1) is 5.92 Å². The molecular weight excluding hydrogens is 216 g/mol. The van der Waals surface area contributed by atoms with Gasteiger partial charge < -0.3 is 5.32 Å². The van der Waals surface area contributed by atoms with Gasteiger partial charge in [-0.2, -0.15) is 4.37 Å². The van der Waals surface area contributed by atoms with Crippen LogP contribution < -0.4 is 5.32 Å². The summed E-state index contributed by atoms with van der Waals surface area (Å²) in [7, 11) is 2.08. The molecule has 2 aromatic rings. The number of aromatic nitrogens is 1. The fraction of sp³-hybridized carbons (Fsp3) is 0.462. The molecule has 1 aromatic carbocycles. The van der Waals surface area contributed by atoms with Gasteiger partial charge in [0.1, 0.15) is 0 Å². The van der Waals surface area contributed by atoms with Crippen LogP contribution >= 0.6 is 11.5 Å². The predicted molar refractivity (Wildman–Crippen MR) is 68.9 cm³/mol. The first-order valence-corrected chi connectivity index (χ1v) is 6.66. The average molecular weight is 232 g/mol. The van der Waals surface area contributed by atoms with Crippen molar-refractivity contribution in [2.24, 2.45) is 5.92 Å². The van der Waals surface area contributed by atoms with Crippen LogP contribution in [0.5, 0.6) is 0 Å². The lowest BCUT2D eigenvalue weighted by molar-refractivity contribution is 0.504. The van der Waals surface area contributed by atoms with Gasteiger partial charge in [0.15, 0.2) is 0 Å². The third kappa shape index (κ3) is 1.85. The topological polar surface area (TPSA) is 24.9 Å². The molecular formula is C13H16N2S. The minimum Gasteiger partial charge on any atom is -0.316 e. The fourth-order valence-corrected chi connectivity index (χ4v) is 3.19. The summed E-state index contributed by atoms with van der Waals surface area (Å²) in [4.78, 5) is 1.43. The van der Waals surface area contributed by atoms with Crippen LogP contribution in [0.2, 0.25) is 0 Å². The molecule has 0 saturated heterocycles. The predicted octanol–water partition coefficient (Wildman–Crippen LogP) is 2.84. The highest BCUT2D eigenvalue weighted by Crippen LogP contribution is 2.35. The zero-order valence-electron chi connectivity index (χ0n) is 9.44. The first-order valence-electron chi connectivity index (χ1n) is 5.89. The Kier molecular flexibility index (Phi) is 2.65. The van der Waals surface area contributed by atoms with Gasteiger partial charge in [0, 0.05) is 16.3 Å². The molecule has 1 unspecified atom stereocenters. The third-order valence-corrected chi connectivity index (χ3v) is 4.32. The molecule has 3 heteroatoms. The van der Waals surface area contributed by atoms with Gasteiger partial charge in [0.25, 0.3) is 0 Å². The summed E-state index contributed by atoms with van der Waals surface area (Å²) in [5, 5.41) is 4.79. The Bertz CT molecular complexity index is 487. The van der Waals surface area contributed by atoms with Crippen LogP contribution in [0.25, 0.3) is 10.9 Å². The van der Waals surface area contributed by atoms with E-state index in [1.165, 1.54) is 23.1 Å². The molecule has 0 spiro atoms. The van der Waals surface area contributed by atoms with Gasteiger partial charge in [0.2, 0.25) is 0 Å².